The normalized spacial score (nSPS) is 11.8. The number of aliphatic hydroxyl groups is 1. The smallest absolute Gasteiger partial charge is 0.294 e. The Morgan fingerprint density at radius 2 is 1.80 bits per heavy atom. The van der Waals surface area contributed by atoms with E-state index in [1.807, 2.05) is 0 Å². The highest BCUT2D eigenvalue weighted by atomic mass is 35.5. The van der Waals surface area contributed by atoms with Gasteiger partial charge in [-0.1, -0.05) is 35.9 Å². The topological polar surface area (TPSA) is 152 Å². The van der Waals surface area contributed by atoms with Crippen LogP contribution in [0.1, 0.15) is 11.6 Å². The molecule has 0 aliphatic rings. The molecule has 0 radical (unpaired) electrons. The molecule has 212 valence electrons. The van der Waals surface area contributed by atoms with Crippen molar-refractivity contribution >= 4 is 33.5 Å². The summed E-state index contributed by atoms with van der Waals surface area (Å²) in [6.45, 7) is -0.382. The Labute approximate surface area is 239 Å². The number of aliphatic hydroxyl groups excluding tert-OH is 1. The number of rotatable bonds is 7. The summed E-state index contributed by atoms with van der Waals surface area (Å²) in [6, 6.07) is 17.4. The van der Waals surface area contributed by atoms with Crippen LogP contribution in [0.4, 0.5) is 16.2 Å². The maximum absolute atomic E-state index is 13.8. The zero-order valence-electron chi connectivity index (χ0n) is 21.5. The van der Waals surface area contributed by atoms with Crippen molar-refractivity contribution in [3.05, 3.63) is 118 Å². The lowest BCUT2D eigenvalue weighted by Crippen LogP contribution is -2.27. The quantitative estimate of drug-likeness (QED) is 0.235. The van der Waals surface area contributed by atoms with E-state index in [4.69, 9.17) is 16.2 Å². The number of benzene rings is 2. The lowest BCUT2D eigenvalue weighted by atomic mass is 10.1. The van der Waals surface area contributed by atoms with E-state index in [-0.39, 0.29) is 22.1 Å². The first-order chi connectivity index (χ1) is 19.6. The first-order valence-corrected chi connectivity index (χ1v) is 13.8. The van der Waals surface area contributed by atoms with Crippen molar-refractivity contribution in [2.45, 2.75) is 10.9 Å². The molecule has 0 amide bonds. The van der Waals surface area contributed by atoms with Gasteiger partial charge in [0.15, 0.2) is 0 Å². The first-order valence-electron chi connectivity index (χ1n) is 12.0. The number of pyridine rings is 1. The summed E-state index contributed by atoms with van der Waals surface area (Å²) < 4.78 is 46.1. The summed E-state index contributed by atoms with van der Waals surface area (Å²) in [5.74, 6) is 0.459. The molecule has 3 N–H and O–H groups in total. The zero-order valence-corrected chi connectivity index (χ0v) is 23.0. The van der Waals surface area contributed by atoms with Gasteiger partial charge < -0.3 is 15.0 Å². The maximum Gasteiger partial charge on any atom is 0.294 e. The van der Waals surface area contributed by atoms with Gasteiger partial charge in [-0.05, 0) is 42.0 Å². The third kappa shape index (κ3) is 7.41. The van der Waals surface area contributed by atoms with E-state index in [0.29, 0.717) is 28.6 Å². The van der Waals surface area contributed by atoms with Crippen LogP contribution in [0.25, 0.3) is 11.3 Å². The molecular formula is C27H24ClFN6O5S. The van der Waals surface area contributed by atoms with Crippen LogP contribution >= 0.6 is 11.6 Å². The number of nitrogens with one attached hydrogen (secondary N) is 1. The molecule has 3 aromatic heterocycles. The molecule has 0 bridgehead atoms. The molecule has 0 aliphatic heterocycles. The van der Waals surface area contributed by atoms with Gasteiger partial charge in [0.05, 0.1) is 34.5 Å². The minimum atomic E-state index is -4.00. The number of anilines is 2. The highest BCUT2D eigenvalue weighted by Gasteiger charge is 2.17. The Bertz CT molecular complexity index is 1810. The van der Waals surface area contributed by atoms with Gasteiger partial charge in [-0.15, -0.1) is 0 Å². The highest BCUT2D eigenvalue weighted by molar-refractivity contribution is 7.85. The van der Waals surface area contributed by atoms with Crippen LogP contribution in [-0.2, 0) is 17.2 Å². The maximum atomic E-state index is 13.8. The van der Waals surface area contributed by atoms with Gasteiger partial charge in [-0.3, -0.25) is 14.0 Å². The van der Waals surface area contributed by atoms with Crippen molar-refractivity contribution < 1.29 is 22.5 Å². The molecule has 0 saturated carbocycles. The third-order valence-corrected chi connectivity index (χ3v) is 7.01. The van der Waals surface area contributed by atoms with Crippen LogP contribution in [0.15, 0.2) is 101 Å². The van der Waals surface area contributed by atoms with Crippen LogP contribution in [0.3, 0.4) is 0 Å². The predicted molar refractivity (Wildman–Crippen MR) is 151 cm³/mol. The summed E-state index contributed by atoms with van der Waals surface area (Å²) in [5, 5.41) is 16.9. The van der Waals surface area contributed by atoms with Crippen LogP contribution in [0.5, 0.6) is 0 Å². The molecule has 0 saturated heterocycles. The summed E-state index contributed by atoms with van der Waals surface area (Å²) >= 11 is 5.73. The largest absolute Gasteiger partial charge is 0.394 e. The summed E-state index contributed by atoms with van der Waals surface area (Å²) in [7, 11) is -2.22. The molecule has 41 heavy (non-hydrogen) atoms. The van der Waals surface area contributed by atoms with Gasteiger partial charge in [0, 0.05) is 37.1 Å². The molecule has 0 fully saturated rings. The monoisotopic (exact) mass is 598 g/mol. The van der Waals surface area contributed by atoms with E-state index < -0.39 is 22.0 Å². The molecule has 3 heterocycles. The zero-order chi connectivity index (χ0) is 29.6. The molecule has 1 unspecified atom stereocenters. The predicted octanol–water partition coefficient (Wildman–Crippen LogP) is 4.09. The number of hydrogen-bond acceptors (Lipinski definition) is 8. The van der Waals surface area contributed by atoms with Crippen LogP contribution < -0.4 is 10.9 Å². The fourth-order valence-corrected chi connectivity index (χ4v) is 4.38. The lowest BCUT2D eigenvalue weighted by Gasteiger charge is -2.18. The highest BCUT2D eigenvalue weighted by Crippen LogP contribution is 2.23. The third-order valence-electron chi connectivity index (χ3n) is 5.84. The number of aryl methyl sites for hydroxylation is 1. The average Bonchev–Trinajstić information content (AvgIpc) is 3.36. The van der Waals surface area contributed by atoms with Crippen molar-refractivity contribution in [2.24, 2.45) is 7.05 Å². The molecule has 2 aromatic carbocycles. The summed E-state index contributed by atoms with van der Waals surface area (Å²) in [6.07, 6.45) is 4.77. The van der Waals surface area contributed by atoms with E-state index in [0.717, 1.165) is 0 Å². The van der Waals surface area contributed by atoms with Gasteiger partial charge in [0.25, 0.3) is 15.7 Å². The average molecular weight is 599 g/mol. The molecule has 5 aromatic rings. The van der Waals surface area contributed by atoms with Crippen LogP contribution in [0.2, 0.25) is 5.02 Å². The second kappa shape index (κ2) is 12.8. The van der Waals surface area contributed by atoms with Crippen molar-refractivity contribution in [3.8, 4) is 11.3 Å². The van der Waals surface area contributed by atoms with Crippen LogP contribution in [-0.4, -0.2) is 49.0 Å². The van der Waals surface area contributed by atoms with Crippen molar-refractivity contribution in [1.29, 1.82) is 0 Å². The Balaban J connectivity index is 0.000000328. The van der Waals surface area contributed by atoms with Crippen molar-refractivity contribution in [3.63, 3.8) is 0 Å². The molecule has 1 atom stereocenters. The molecular weight excluding hydrogens is 575 g/mol. The minimum absolute atomic E-state index is 0.0255. The van der Waals surface area contributed by atoms with Gasteiger partial charge in [0.1, 0.15) is 11.6 Å². The van der Waals surface area contributed by atoms with E-state index in [1.165, 1.54) is 34.9 Å². The van der Waals surface area contributed by atoms with E-state index >= 15 is 0 Å². The molecule has 0 aliphatic carbocycles. The molecule has 0 spiro atoms. The fourth-order valence-electron chi connectivity index (χ4n) is 3.76. The Morgan fingerprint density at radius 1 is 1.05 bits per heavy atom. The van der Waals surface area contributed by atoms with E-state index in [1.54, 1.807) is 72.8 Å². The second-order valence-corrected chi connectivity index (χ2v) is 10.4. The summed E-state index contributed by atoms with van der Waals surface area (Å²) in [5.41, 5.74) is 1.19. The second-order valence-electron chi connectivity index (χ2n) is 8.55. The number of hydrogen-bond donors (Lipinski definition) is 3. The lowest BCUT2D eigenvalue weighted by molar-refractivity contribution is 0.247. The Morgan fingerprint density at radius 3 is 2.39 bits per heavy atom. The number of nitrogens with zero attached hydrogens (tertiary/aromatic N) is 5. The molecule has 14 heteroatoms. The van der Waals surface area contributed by atoms with E-state index in [2.05, 4.69) is 20.4 Å². The number of halogens is 2. The SMILES string of the molecule is Cn1nccc1Nc1nccc(-c2ccn(C(CO)c3ccc(Cl)c(F)c3)c(=O)c2)n1.O=S(=O)(O)c1ccccc1. The van der Waals surface area contributed by atoms with Gasteiger partial charge >= 0.3 is 0 Å². The Kier molecular flexibility index (Phi) is 9.24. The summed E-state index contributed by atoms with van der Waals surface area (Å²) in [4.78, 5) is 21.4. The van der Waals surface area contributed by atoms with Crippen molar-refractivity contribution in [1.82, 2.24) is 24.3 Å². The van der Waals surface area contributed by atoms with Crippen molar-refractivity contribution in [2.75, 3.05) is 11.9 Å². The molecule has 11 nitrogen and oxygen atoms in total. The van der Waals surface area contributed by atoms with Gasteiger partial charge in [-0.25, -0.2) is 14.4 Å². The Hall–Kier alpha value is -4.43. The fraction of sp³-hybridized carbons (Fsp3) is 0.111. The standard InChI is InChI=1S/C21H18ClFN6O2.C6H6O3S/c1-28-19(5-8-25-28)27-21-24-7-4-17(26-21)13-6-9-29(20(31)11-13)18(12-30)14-2-3-15(22)16(23)10-14;7-10(8,9)6-4-2-1-3-5-6/h2-11,18,30H,12H2,1H3,(H,24,26,27);1-5H,(H,7,8,9). The minimum Gasteiger partial charge on any atom is -0.394 e. The molecule has 5 rings (SSSR count). The van der Waals surface area contributed by atoms with Gasteiger partial charge in [0.2, 0.25) is 5.95 Å². The van der Waals surface area contributed by atoms with E-state index in [9.17, 15) is 22.7 Å². The van der Waals surface area contributed by atoms with Crippen LogP contribution in [0, 0.1) is 5.82 Å². The number of aromatic nitrogens is 5. The van der Waals surface area contributed by atoms with Gasteiger partial charge in [-0.2, -0.15) is 13.5 Å². The first kappa shape index (κ1) is 29.6.